The summed E-state index contributed by atoms with van der Waals surface area (Å²) in [6.45, 7) is 5.78. The highest BCUT2D eigenvalue weighted by molar-refractivity contribution is 6.06. The molecule has 4 heterocycles. The third-order valence-corrected chi connectivity index (χ3v) is 11.9. The molecule has 2 aliphatic heterocycles. The molecule has 1 saturated carbocycles. The molecule has 0 unspecified atom stereocenters. The Balaban J connectivity index is 0.000000908. The van der Waals surface area contributed by atoms with Crippen LogP contribution < -0.4 is 20.3 Å². The lowest BCUT2D eigenvalue weighted by molar-refractivity contribution is -0.192. The third kappa shape index (κ3) is 11.4. The topological polar surface area (TPSA) is 212 Å². The van der Waals surface area contributed by atoms with Gasteiger partial charge in [-0.05, 0) is 73.9 Å². The summed E-state index contributed by atoms with van der Waals surface area (Å²) in [7, 11) is 0. The molecular formula is C45H45F6N9O8. The molecule has 23 heteroatoms. The number of anilines is 1. The zero-order valence-corrected chi connectivity index (χ0v) is 36.4. The van der Waals surface area contributed by atoms with Crippen LogP contribution in [0.5, 0.6) is 11.8 Å². The molecule has 0 atom stereocenters. The number of carbonyl (C=O) groups is 5. The minimum atomic E-state index is -5.08. The van der Waals surface area contributed by atoms with E-state index in [2.05, 4.69) is 25.5 Å². The van der Waals surface area contributed by atoms with Crippen molar-refractivity contribution < 1.29 is 65.3 Å². The van der Waals surface area contributed by atoms with Gasteiger partial charge in [-0.2, -0.15) is 22.7 Å². The highest BCUT2D eigenvalue weighted by Gasteiger charge is 2.38. The van der Waals surface area contributed by atoms with Gasteiger partial charge in [-0.1, -0.05) is 18.2 Å². The number of piperazine rings is 1. The fourth-order valence-corrected chi connectivity index (χ4v) is 8.09. The predicted molar refractivity (Wildman–Crippen MR) is 230 cm³/mol. The number of aromatic nitrogens is 4. The largest absolute Gasteiger partial charge is 0.503 e. The van der Waals surface area contributed by atoms with Gasteiger partial charge in [-0.15, -0.1) is 0 Å². The van der Waals surface area contributed by atoms with Crippen molar-refractivity contribution in [2.45, 2.75) is 51.2 Å². The van der Waals surface area contributed by atoms with Gasteiger partial charge in [0.2, 0.25) is 11.7 Å². The van der Waals surface area contributed by atoms with Gasteiger partial charge in [-0.3, -0.25) is 34.2 Å². The van der Waals surface area contributed by atoms with Crippen molar-refractivity contribution in [3.8, 4) is 22.9 Å². The molecule has 3 fully saturated rings. The van der Waals surface area contributed by atoms with E-state index in [1.165, 1.54) is 4.90 Å². The summed E-state index contributed by atoms with van der Waals surface area (Å²) in [5.41, 5.74) is 3.68. The summed E-state index contributed by atoms with van der Waals surface area (Å²) in [6.07, 6.45) is 3.68. The summed E-state index contributed by atoms with van der Waals surface area (Å²) >= 11 is 0. The van der Waals surface area contributed by atoms with Crippen molar-refractivity contribution in [1.29, 1.82) is 0 Å². The fourth-order valence-electron chi connectivity index (χ4n) is 8.09. The molecule has 1 aliphatic carbocycles. The number of halogens is 6. The Morgan fingerprint density at radius 1 is 0.897 bits per heavy atom. The summed E-state index contributed by atoms with van der Waals surface area (Å²) in [5.74, 6) is -10.3. The highest BCUT2D eigenvalue weighted by Crippen LogP contribution is 2.34. The molecular weight excluding hydrogens is 909 g/mol. The molecule has 0 radical (unpaired) electrons. The van der Waals surface area contributed by atoms with Crippen molar-refractivity contribution in [2.24, 2.45) is 5.92 Å². The van der Waals surface area contributed by atoms with Crippen LogP contribution in [0, 0.1) is 30.3 Å². The molecule has 360 valence electrons. The van der Waals surface area contributed by atoms with E-state index < -0.39 is 52.8 Å². The van der Waals surface area contributed by atoms with E-state index >= 15 is 0 Å². The van der Waals surface area contributed by atoms with Crippen molar-refractivity contribution in [3.63, 3.8) is 0 Å². The Bertz CT molecular complexity index is 2700. The number of phenolic OH excluding ortho intramolecular Hbond substituents is 1. The number of carbonyl (C=O) groups excluding carboxylic acids is 4. The lowest BCUT2D eigenvalue weighted by Gasteiger charge is -2.35. The third-order valence-electron chi connectivity index (χ3n) is 11.9. The Labute approximate surface area is 383 Å². The number of imide groups is 1. The molecule has 3 aromatic carbocycles. The smallest absolute Gasteiger partial charge is 0.490 e. The average molecular weight is 954 g/mol. The van der Waals surface area contributed by atoms with Crippen molar-refractivity contribution >= 4 is 46.3 Å². The maximum absolute atomic E-state index is 14.1. The quantitative estimate of drug-likeness (QED) is 0.0887. The van der Waals surface area contributed by atoms with Crippen LogP contribution in [0.25, 0.3) is 22.0 Å². The number of hydrogen-bond donors (Lipinski definition) is 4. The lowest BCUT2D eigenvalue weighted by atomic mass is 9.86. The first-order chi connectivity index (χ1) is 32.4. The molecule has 68 heavy (non-hydrogen) atoms. The van der Waals surface area contributed by atoms with Gasteiger partial charge in [0.25, 0.3) is 11.8 Å². The molecule has 0 spiro atoms. The van der Waals surface area contributed by atoms with Gasteiger partial charge >= 0.3 is 24.2 Å². The summed E-state index contributed by atoms with van der Waals surface area (Å²) in [4.78, 5) is 73.1. The van der Waals surface area contributed by atoms with Crippen LogP contribution >= 0.6 is 0 Å². The minimum Gasteiger partial charge on any atom is -0.503 e. The van der Waals surface area contributed by atoms with E-state index in [-0.39, 0.29) is 49.3 Å². The van der Waals surface area contributed by atoms with Crippen LogP contribution in [0.4, 0.5) is 36.8 Å². The van der Waals surface area contributed by atoms with Crippen LogP contribution in [0.15, 0.2) is 61.1 Å². The predicted octanol–water partition coefficient (Wildman–Crippen LogP) is 6.00. The number of nitrogens with one attached hydrogen (secondary N) is 2. The highest BCUT2D eigenvalue weighted by atomic mass is 19.4. The van der Waals surface area contributed by atoms with E-state index in [1.54, 1.807) is 29.4 Å². The number of hydrogen-bond acceptors (Lipinski definition) is 11. The lowest BCUT2D eigenvalue weighted by Crippen LogP contribution is -2.50. The first-order valence-corrected chi connectivity index (χ1v) is 21.5. The van der Waals surface area contributed by atoms with Gasteiger partial charge in [0, 0.05) is 93.0 Å². The second-order valence-corrected chi connectivity index (χ2v) is 16.4. The molecule has 4 N–H and O–H groups in total. The summed E-state index contributed by atoms with van der Waals surface area (Å²) in [6, 6.07) is 11.7. The van der Waals surface area contributed by atoms with E-state index in [0.29, 0.717) is 56.6 Å². The van der Waals surface area contributed by atoms with E-state index in [0.717, 1.165) is 53.3 Å². The van der Waals surface area contributed by atoms with Crippen molar-refractivity contribution in [2.75, 3.05) is 57.3 Å². The van der Waals surface area contributed by atoms with Crippen LogP contribution in [0.3, 0.4) is 0 Å². The number of urea groups is 1. The van der Waals surface area contributed by atoms with Crippen LogP contribution in [0.1, 0.15) is 64.4 Å². The minimum absolute atomic E-state index is 0.0986. The monoisotopic (exact) mass is 953 g/mol. The number of aromatic hydroxyl groups is 1. The van der Waals surface area contributed by atoms with Crippen LogP contribution in [0.2, 0.25) is 0 Å². The second-order valence-electron chi connectivity index (χ2n) is 16.4. The number of aryl methyl sites for hydroxylation is 1. The molecule has 0 bridgehead atoms. The number of carboxylic acids is 1. The molecule has 2 aromatic heterocycles. The number of alkyl halides is 3. The number of nitrogens with zero attached hydrogens (tertiary/aromatic N) is 7. The van der Waals surface area contributed by atoms with Crippen LogP contribution in [-0.4, -0.2) is 128 Å². The van der Waals surface area contributed by atoms with Gasteiger partial charge in [0.05, 0.1) is 17.1 Å². The molecule has 3 aliphatic rings. The standard InChI is InChI=1S/C43H44F3N9O6.C2HF3O2/c1-25-2-5-28(19-35(25)54-11-10-36(56)50-43(54)60)41(59)53-14-12-52(13-15-53)16-17-61-42-48-22-30(23-49-42)27-6-7-29-24-55(51-34(29)18-27)31-8-3-26(4-9-31)21-47-40(58)32-20-33(44)39(57)38(46)37(32)45;3-2(4,5)1(6)7/h2,5-7,18-20,22-24,26,31,57H,3-4,8-17,21H2,1H3,(H,47,58)(H,50,56,60);(H,6,7). The fraction of sp³-hybridized carbons (Fsp3) is 0.378. The SMILES string of the molecule is Cc1ccc(C(=O)N2CCN(CCOc3ncc(-c4ccc5cn(C6CCC(CNC(=O)c7cc(F)c(O)c(F)c7F)CC6)nc5c4)cn3)CC2)cc1N1CCC(=O)NC1=O.O=C(O)C(F)(F)F. The molecule has 5 aromatic rings. The number of phenols is 1. The summed E-state index contributed by atoms with van der Waals surface area (Å²) < 4.78 is 81.1. The number of amides is 5. The molecule has 2 saturated heterocycles. The zero-order chi connectivity index (χ0) is 48.9. The first-order valence-electron chi connectivity index (χ1n) is 21.5. The van der Waals surface area contributed by atoms with Crippen LogP contribution in [-0.2, 0) is 9.59 Å². The maximum Gasteiger partial charge on any atom is 0.490 e. The van der Waals surface area contributed by atoms with Crippen molar-refractivity contribution in [1.82, 2.24) is 40.2 Å². The van der Waals surface area contributed by atoms with Crippen molar-refractivity contribution in [3.05, 3.63) is 95.2 Å². The van der Waals surface area contributed by atoms with E-state index in [1.807, 2.05) is 42.1 Å². The second kappa shape index (κ2) is 20.7. The maximum atomic E-state index is 14.1. The van der Waals surface area contributed by atoms with E-state index in [4.69, 9.17) is 19.7 Å². The normalized spacial score (nSPS) is 17.9. The molecule has 5 amide bonds. The van der Waals surface area contributed by atoms with Gasteiger partial charge in [0.1, 0.15) is 6.61 Å². The number of fused-ring (bicyclic) bond motifs is 1. The number of benzene rings is 3. The Morgan fingerprint density at radius 2 is 1.59 bits per heavy atom. The Hall–Kier alpha value is -7.30. The zero-order valence-electron chi connectivity index (χ0n) is 36.4. The average Bonchev–Trinajstić information content (AvgIpc) is 3.76. The number of carboxylic acid groups (broad SMARTS) is 1. The number of rotatable bonds is 11. The van der Waals surface area contributed by atoms with Gasteiger partial charge < -0.3 is 25.2 Å². The Morgan fingerprint density at radius 3 is 2.25 bits per heavy atom. The first kappa shape index (κ1) is 48.6. The Kier molecular flexibility index (Phi) is 14.8. The molecule has 8 rings (SSSR count). The summed E-state index contributed by atoms with van der Waals surface area (Å²) in [5, 5.41) is 27.1. The number of ether oxygens (including phenoxy) is 1. The number of aliphatic carboxylic acids is 1. The van der Waals surface area contributed by atoms with Gasteiger partial charge in [0.15, 0.2) is 17.4 Å². The van der Waals surface area contributed by atoms with E-state index in [9.17, 15) is 50.6 Å². The van der Waals surface area contributed by atoms with Gasteiger partial charge in [-0.25, -0.2) is 28.3 Å². The molecule has 17 nitrogen and oxygen atoms in total.